The molecule has 5 heteroatoms. The topological polar surface area (TPSA) is 59.0 Å². The first-order valence-corrected chi connectivity index (χ1v) is 6.38. The minimum Gasteiger partial charge on any atom is -0.481 e. The van der Waals surface area contributed by atoms with Crippen LogP contribution in [0.15, 0.2) is 0 Å². The van der Waals surface area contributed by atoms with Crippen molar-refractivity contribution in [3.63, 3.8) is 0 Å². The Morgan fingerprint density at radius 1 is 1.18 bits per heavy atom. The SMILES string of the molecule is O=C(O)CC(C1CCOCC1)N1CCOCC1. The van der Waals surface area contributed by atoms with Crippen LogP contribution in [0.1, 0.15) is 19.3 Å². The molecule has 0 spiro atoms. The van der Waals surface area contributed by atoms with Gasteiger partial charge in [0.05, 0.1) is 19.6 Å². The van der Waals surface area contributed by atoms with Crippen molar-refractivity contribution in [2.45, 2.75) is 25.3 Å². The molecular weight excluding hydrogens is 222 g/mol. The van der Waals surface area contributed by atoms with Crippen molar-refractivity contribution in [2.24, 2.45) is 5.92 Å². The number of ether oxygens (including phenoxy) is 2. The van der Waals surface area contributed by atoms with Gasteiger partial charge in [-0.05, 0) is 18.8 Å². The Morgan fingerprint density at radius 3 is 2.35 bits per heavy atom. The summed E-state index contributed by atoms with van der Waals surface area (Å²) < 4.78 is 10.7. The van der Waals surface area contributed by atoms with Gasteiger partial charge in [-0.3, -0.25) is 9.69 Å². The van der Waals surface area contributed by atoms with Gasteiger partial charge in [0.1, 0.15) is 0 Å². The van der Waals surface area contributed by atoms with Crippen molar-refractivity contribution in [3.8, 4) is 0 Å². The van der Waals surface area contributed by atoms with Crippen molar-refractivity contribution in [3.05, 3.63) is 0 Å². The number of rotatable bonds is 4. The number of carbonyl (C=O) groups is 1. The third kappa shape index (κ3) is 3.66. The molecule has 0 aliphatic carbocycles. The molecule has 2 aliphatic heterocycles. The van der Waals surface area contributed by atoms with Crippen LogP contribution in [0.5, 0.6) is 0 Å². The van der Waals surface area contributed by atoms with Crippen LogP contribution in [0, 0.1) is 5.92 Å². The summed E-state index contributed by atoms with van der Waals surface area (Å²) in [6.45, 7) is 4.69. The van der Waals surface area contributed by atoms with Crippen LogP contribution >= 0.6 is 0 Å². The Morgan fingerprint density at radius 2 is 1.76 bits per heavy atom. The maximum Gasteiger partial charge on any atom is 0.304 e. The maximum atomic E-state index is 11.0. The molecule has 0 amide bonds. The van der Waals surface area contributed by atoms with Crippen LogP contribution < -0.4 is 0 Å². The van der Waals surface area contributed by atoms with Gasteiger partial charge < -0.3 is 14.6 Å². The average molecular weight is 243 g/mol. The quantitative estimate of drug-likeness (QED) is 0.783. The van der Waals surface area contributed by atoms with Crippen molar-refractivity contribution < 1.29 is 19.4 Å². The molecule has 17 heavy (non-hydrogen) atoms. The second-order valence-electron chi connectivity index (χ2n) is 4.76. The molecule has 5 nitrogen and oxygen atoms in total. The predicted molar refractivity (Wildman–Crippen MR) is 62.0 cm³/mol. The number of hydrogen-bond donors (Lipinski definition) is 1. The lowest BCUT2D eigenvalue weighted by atomic mass is 9.88. The van der Waals surface area contributed by atoms with Gasteiger partial charge in [0.25, 0.3) is 0 Å². The number of morpholine rings is 1. The largest absolute Gasteiger partial charge is 0.481 e. The van der Waals surface area contributed by atoms with E-state index in [1.54, 1.807) is 0 Å². The van der Waals surface area contributed by atoms with Crippen molar-refractivity contribution in [1.29, 1.82) is 0 Å². The molecule has 0 saturated carbocycles. The summed E-state index contributed by atoms with van der Waals surface area (Å²) in [5.74, 6) is -0.245. The first kappa shape index (κ1) is 12.8. The van der Waals surface area contributed by atoms with E-state index < -0.39 is 5.97 Å². The molecule has 1 unspecified atom stereocenters. The van der Waals surface area contributed by atoms with E-state index in [4.69, 9.17) is 14.6 Å². The Hall–Kier alpha value is -0.650. The van der Waals surface area contributed by atoms with Gasteiger partial charge in [0.2, 0.25) is 0 Å². The van der Waals surface area contributed by atoms with Gasteiger partial charge in [-0.1, -0.05) is 0 Å². The Bertz CT molecular complexity index is 229. The second kappa shape index (κ2) is 6.33. The Kier molecular flexibility index (Phi) is 4.76. The Balaban J connectivity index is 1.97. The summed E-state index contributed by atoms with van der Waals surface area (Å²) in [4.78, 5) is 13.3. The smallest absolute Gasteiger partial charge is 0.304 e. The van der Waals surface area contributed by atoms with Gasteiger partial charge in [-0.2, -0.15) is 0 Å². The highest BCUT2D eigenvalue weighted by Crippen LogP contribution is 2.25. The van der Waals surface area contributed by atoms with Crippen LogP contribution in [0.4, 0.5) is 0 Å². The molecule has 98 valence electrons. The van der Waals surface area contributed by atoms with E-state index >= 15 is 0 Å². The highest BCUT2D eigenvalue weighted by molar-refractivity contribution is 5.67. The van der Waals surface area contributed by atoms with Gasteiger partial charge >= 0.3 is 5.97 Å². The summed E-state index contributed by atoms with van der Waals surface area (Å²) in [6.07, 6.45) is 2.20. The predicted octanol–water partition coefficient (Wildman–Crippen LogP) is 0.589. The number of hydrogen-bond acceptors (Lipinski definition) is 4. The summed E-state index contributed by atoms with van der Waals surface area (Å²) in [5.41, 5.74) is 0. The summed E-state index contributed by atoms with van der Waals surface area (Å²) in [5, 5.41) is 9.06. The molecule has 0 aromatic carbocycles. The molecule has 2 heterocycles. The fraction of sp³-hybridized carbons (Fsp3) is 0.917. The zero-order valence-corrected chi connectivity index (χ0v) is 10.1. The minimum absolute atomic E-state index is 0.153. The fourth-order valence-corrected chi connectivity index (χ4v) is 2.78. The van der Waals surface area contributed by atoms with E-state index in [2.05, 4.69) is 4.90 Å². The number of nitrogens with zero attached hydrogens (tertiary/aromatic N) is 1. The molecule has 0 aromatic heterocycles. The first-order valence-electron chi connectivity index (χ1n) is 6.38. The van der Waals surface area contributed by atoms with Gasteiger partial charge in [-0.15, -0.1) is 0 Å². The standard InChI is InChI=1S/C12H21NO4/c14-12(15)9-11(10-1-5-16-6-2-10)13-3-7-17-8-4-13/h10-11H,1-9H2,(H,14,15). The highest BCUT2D eigenvalue weighted by atomic mass is 16.5. The summed E-state index contributed by atoms with van der Waals surface area (Å²) in [6, 6.07) is 0.153. The molecule has 0 aromatic rings. The molecule has 0 radical (unpaired) electrons. The van der Waals surface area contributed by atoms with Crippen LogP contribution in [0.2, 0.25) is 0 Å². The van der Waals surface area contributed by atoms with Crippen molar-refractivity contribution >= 4 is 5.97 Å². The zero-order valence-electron chi connectivity index (χ0n) is 10.1. The van der Waals surface area contributed by atoms with E-state index in [0.29, 0.717) is 5.92 Å². The highest BCUT2D eigenvalue weighted by Gasteiger charge is 2.31. The number of aliphatic carboxylic acids is 1. The van der Waals surface area contributed by atoms with E-state index in [0.717, 1.165) is 52.4 Å². The van der Waals surface area contributed by atoms with E-state index in [9.17, 15) is 4.79 Å². The third-order valence-electron chi connectivity index (χ3n) is 3.71. The van der Waals surface area contributed by atoms with E-state index in [1.807, 2.05) is 0 Å². The molecular formula is C12H21NO4. The lowest BCUT2D eigenvalue weighted by Crippen LogP contribution is -2.49. The molecule has 0 bridgehead atoms. The first-order chi connectivity index (χ1) is 8.27. The fourth-order valence-electron chi connectivity index (χ4n) is 2.78. The van der Waals surface area contributed by atoms with E-state index in [-0.39, 0.29) is 12.5 Å². The summed E-state index contributed by atoms with van der Waals surface area (Å²) in [7, 11) is 0. The number of carboxylic acid groups (broad SMARTS) is 1. The van der Waals surface area contributed by atoms with Crippen molar-refractivity contribution in [2.75, 3.05) is 39.5 Å². The number of carboxylic acids is 1. The van der Waals surface area contributed by atoms with Gasteiger partial charge in [-0.25, -0.2) is 0 Å². The van der Waals surface area contributed by atoms with Crippen LogP contribution in [0.3, 0.4) is 0 Å². The molecule has 1 N–H and O–H groups in total. The molecule has 1 atom stereocenters. The van der Waals surface area contributed by atoms with Gasteiger partial charge in [0, 0.05) is 32.3 Å². The Labute approximate surface area is 102 Å². The third-order valence-corrected chi connectivity index (χ3v) is 3.71. The lowest BCUT2D eigenvalue weighted by Gasteiger charge is -2.39. The molecule has 2 rings (SSSR count). The van der Waals surface area contributed by atoms with Crippen LogP contribution in [-0.2, 0) is 14.3 Å². The van der Waals surface area contributed by atoms with E-state index in [1.165, 1.54) is 0 Å². The average Bonchev–Trinajstić information content (AvgIpc) is 2.38. The monoisotopic (exact) mass is 243 g/mol. The normalized spacial score (nSPS) is 25.6. The van der Waals surface area contributed by atoms with Gasteiger partial charge in [0.15, 0.2) is 0 Å². The zero-order chi connectivity index (χ0) is 12.1. The summed E-state index contributed by atoms with van der Waals surface area (Å²) >= 11 is 0. The lowest BCUT2D eigenvalue weighted by molar-refractivity contribution is -0.140. The second-order valence-corrected chi connectivity index (χ2v) is 4.76. The van der Waals surface area contributed by atoms with Crippen LogP contribution in [-0.4, -0.2) is 61.5 Å². The van der Waals surface area contributed by atoms with Crippen LogP contribution in [0.25, 0.3) is 0 Å². The molecule has 2 fully saturated rings. The van der Waals surface area contributed by atoms with Crippen molar-refractivity contribution in [1.82, 2.24) is 4.90 Å². The minimum atomic E-state index is -0.701. The molecule has 2 saturated heterocycles. The maximum absolute atomic E-state index is 11.0. The molecule has 2 aliphatic rings.